The summed E-state index contributed by atoms with van der Waals surface area (Å²) in [5.74, 6) is 0.386. The highest BCUT2D eigenvalue weighted by Gasteiger charge is 2.31. The second kappa shape index (κ2) is 10.0. The van der Waals surface area contributed by atoms with E-state index in [0.717, 1.165) is 24.3 Å². The first-order valence-corrected chi connectivity index (χ1v) is 10.8. The van der Waals surface area contributed by atoms with E-state index >= 15 is 0 Å². The fourth-order valence-corrected chi connectivity index (χ4v) is 3.69. The topological polar surface area (TPSA) is 70.7 Å². The summed E-state index contributed by atoms with van der Waals surface area (Å²) in [6.07, 6.45) is 0.584. The van der Waals surface area contributed by atoms with Crippen molar-refractivity contribution in [3.8, 4) is 5.75 Å². The Morgan fingerprint density at radius 3 is 2.41 bits per heavy atom. The van der Waals surface area contributed by atoms with E-state index < -0.39 is 6.10 Å². The fraction of sp³-hybridized carbons (Fsp3) is 0.231. The lowest BCUT2D eigenvalue weighted by Crippen LogP contribution is -2.45. The predicted molar refractivity (Wildman–Crippen MR) is 127 cm³/mol. The molecule has 0 aliphatic carbocycles. The molecule has 2 amide bonds. The molecule has 6 nitrogen and oxygen atoms in total. The predicted octanol–water partition coefficient (Wildman–Crippen LogP) is 4.48. The maximum atomic E-state index is 12.5. The Hall–Kier alpha value is -3.80. The number of nitrogens with zero attached hydrogens (tertiary/aromatic N) is 1. The van der Waals surface area contributed by atoms with Crippen LogP contribution in [0, 0.1) is 0 Å². The number of carbonyl (C=O) groups excluding carboxylic acids is 2. The highest BCUT2D eigenvalue weighted by Crippen LogP contribution is 2.33. The molecule has 1 aliphatic heterocycles. The van der Waals surface area contributed by atoms with Crippen LogP contribution < -0.4 is 20.3 Å². The summed E-state index contributed by atoms with van der Waals surface area (Å²) >= 11 is 0. The van der Waals surface area contributed by atoms with Crippen molar-refractivity contribution >= 4 is 28.9 Å². The SMILES string of the molecule is CC1Oc2ccccc2N(CCC(=O)Nc2ccc(NCCc3ccccc3)cc2)C1=O. The maximum absolute atomic E-state index is 12.5. The molecule has 0 bridgehead atoms. The third-order valence-electron chi connectivity index (χ3n) is 5.39. The van der Waals surface area contributed by atoms with Crippen molar-refractivity contribution in [3.05, 3.63) is 84.4 Å². The van der Waals surface area contributed by atoms with Gasteiger partial charge >= 0.3 is 0 Å². The molecular weight excluding hydrogens is 402 g/mol. The molecule has 0 fully saturated rings. The number of carbonyl (C=O) groups is 2. The lowest BCUT2D eigenvalue weighted by molar-refractivity contribution is -0.125. The van der Waals surface area contributed by atoms with Gasteiger partial charge in [0, 0.05) is 30.9 Å². The molecule has 3 aromatic carbocycles. The second-order valence-corrected chi connectivity index (χ2v) is 7.76. The zero-order valence-electron chi connectivity index (χ0n) is 18.1. The van der Waals surface area contributed by atoms with E-state index in [1.807, 2.05) is 66.7 Å². The quantitative estimate of drug-likeness (QED) is 0.554. The Bertz CT molecular complexity index is 1070. The van der Waals surface area contributed by atoms with E-state index in [1.165, 1.54) is 5.56 Å². The molecule has 0 aromatic heterocycles. The molecule has 2 N–H and O–H groups in total. The lowest BCUT2D eigenvalue weighted by atomic mass is 10.1. The molecule has 32 heavy (non-hydrogen) atoms. The van der Waals surface area contributed by atoms with Crippen molar-refractivity contribution in [1.82, 2.24) is 0 Å². The highest BCUT2D eigenvalue weighted by atomic mass is 16.5. The summed E-state index contributed by atoms with van der Waals surface area (Å²) in [4.78, 5) is 26.6. The van der Waals surface area contributed by atoms with Gasteiger partial charge in [-0.3, -0.25) is 9.59 Å². The van der Waals surface area contributed by atoms with Crippen LogP contribution in [0.1, 0.15) is 18.9 Å². The van der Waals surface area contributed by atoms with E-state index in [4.69, 9.17) is 4.74 Å². The molecule has 4 rings (SSSR count). The zero-order valence-corrected chi connectivity index (χ0v) is 18.1. The number of benzene rings is 3. The number of anilines is 3. The van der Waals surface area contributed by atoms with Gasteiger partial charge in [0.1, 0.15) is 5.75 Å². The monoisotopic (exact) mass is 429 g/mol. The molecule has 1 aliphatic rings. The molecule has 1 unspecified atom stereocenters. The van der Waals surface area contributed by atoms with Crippen molar-refractivity contribution in [3.63, 3.8) is 0 Å². The van der Waals surface area contributed by atoms with Crippen molar-refractivity contribution in [2.45, 2.75) is 25.9 Å². The van der Waals surface area contributed by atoms with Crippen LogP contribution in [0.25, 0.3) is 0 Å². The van der Waals surface area contributed by atoms with Gasteiger partial charge in [-0.15, -0.1) is 0 Å². The van der Waals surface area contributed by atoms with Gasteiger partial charge in [-0.05, 0) is 55.3 Å². The molecule has 0 saturated carbocycles. The summed E-state index contributed by atoms with van der Waals surface area (Å²) < 4.78 is 5.64. The Kier molecular flexibility index (Phi) is 6.70. The van der Waals surface area contributed by atoms with Gasteiger partial charge in [0.05, 0.1) is 5.69 Å². The molecule has 1 atom stereocenters. The number of fused-ring (bicyclic) bond motifs is 1. The second-order valence-electron chi connectivity index (χ2n) is 7.76. The van der Waals surface area contributed by atoms with Gasteiger partial charge in [-0.25, -0.2) is 0 Å². The lowest BCUT2D eigenvalue weighted by Gasteiger charge is -2.32. The van der Waals surface area contributed by atoms with Crippen molar-refractivity contribution in [2.75, 3.05) is 28.6 Å². The number of hydrogen-bond acceptors (Lipinski definition) is 4. The summed E-state index contributed by atoms with van der Waals surface area (Å²) in [6, 6.07) is 25.4. The standard InChI is InChI=1S/C26H27N3O3/c1-19-26(31)29(23-9-5-6-10-24(23)32-19)18-16-25(30)28-22-13-11-21(12-14-22)27-17-15-20-7-3-2-4-8-20/h2-14,19,27H,15-18H2,1H3,(H,28,30). The van der Waals surface area contributed by atoms with E-state index in [-0.39, 0.29) is 18.2 Å². The molecule has 3 aromatic rings. The smallest absolute Gasteiger partial charge is 0.267 e. The van der Waals surface area contributed by atoms with Gasteiger partial charge in [-0.2, -0.15) is 0 Å². The van der Waals surface area contributed by atoms with Gasteiger partial charge in [-0.1, -0.05) is 42.5 Å². The molecular formula is C26H27N3O3. The minimum Gasteiger partial charge on any atom is -0.479 e. The first kappa shape index (κ1) is 21.4. The Morgan fingerprint density at radius 2 is 1.62 bits per heavy atom. The molecule has 0 saturated heterocycles. The van der Waals surface area contributed by atoms with Gasteiger partial charge in [0.25, 0.3) is 5.91 Å². The van der Waals surface area contributed by atoms with Crippen molar-refractivity contribution < 1.29 is 14.3 Å². The third-order valence-corrected chi connectivity index (χ3v) is 5.39. The minimum atomic E-state index is -0.560. The number of ether oxygens (including phenoxy) is 1. The Morgan fingerprint density at radius 1 is 0.938 bits per heavy atom. The van der Waals surface area contributed by atoms with E-state index in [2.05, 4.69) is 22.8 Å². The zero-order chi connectivity index (χ0) is 22.3. The number of amides is 2. The molecule has 0 radical (unpaired) electrons. The van der Waals surface area contributed by atoms with Gasteiger partial charge in [0.2, 0.25) is 5.91 Å². The average Bonchev–Trinajstić information content (AvgIpc) is 2.81. The van der Waals surface area contributed by atoms with Crippen LogP contribution in [-0.4, -0.2) is 31.0 Å². The number of nitrogens with one attached hydrogen (secondary N) is 2. The largest absolute Gasteiger partial charge is 0.479 e. The van der Waals surface area contributed by atoms with Crippen LogP contribution in [0.4, 0.5) is 17.1 Å². The minimum absolute atomic E-state index is 0.137. The number of rotatable bonds is 8. The van der Waals surface area contributed by atoms with E-state index in [1.54, 1.807) is 11.8 Å². The van der Waals surface area contributed by atoms with Crippen LogP contribution >= 0.6 is 0 Å². The Labute approximate surface area is 188 Å². The van der Waals surface area contributed by atoms with Crippen LogP contribution in [0.15, 0.2) is 78.9 Å². The van der Waals surface area contributed by atoms with E-state index in [0.29, 0.717) is 18.0 Å². The Balaban J connectivity index is 1.27. The summed E-state index contributed by atoms with van der Waals surface area (Å²) in [5.41, 5.74) is 3.73. The first-order chi connectivity index (χ1) is 15.6. The number of para-hydroxylation sites is 2. The molecule has 1 heterocycles. The van der Waals surface area contributed by atoms with Gasteiger partial charge in [0.15, 0.2) is 6.10 Å². The van der Waals surface area contributed by atoms with Crippen LogP contribution in [0.2, 0.25) is 0 Å². The number of hydrogen-bond donors (Lipinski definition) is 2. The van der Waals surface area contributed by atoms with Crippen LogP contribution in [0.5, 0.6) is 5.75 Å². The van der Waals surface area contributed by atoms with Crippen LogP contribution in [-0.2, 0) is 16.0 Å². The maximum Gasteiger partial charge on any atom is 0.267 e. The molecule has 164 valence electrons. The fourth-order valence-electron chi connectivity index (χ4n) is 3.69. The van der Waals surface area contributed by atoms with Gasteiger partial charge < -0.3 is 20.3 Å². The van der Waals surface area contributed by atoms with Crippen molar-refractivity contribution in [2.24, 2.45) is 0 Å². The van der Waals surface area contributed by atoms with Crippen LogP contribution in [0.3, 0.4) is 0 Å². The summed E-state index contributed by atoms with van der Waals surface area (Å²) in [7, 11) is 0. The molecule has 0 spiro atoms. The first-order valence-electron chi connectivity index (χ1n) is 10.8. The highest BCUT2D eigenvalue weighted by molar-refractivity contribution is 6.00. The van der Waals surface area contributed by atoms with E-state index in [9.17, 15) is 9.59 Å². The third kappa shape index (κ3) is 5.27. The van der Waals surface area contributed by atoms with Crippen molar-refractivity contribution in [1.29, 1.82) is 0 Å². The summed E-state index contributed by atoms with van der Waals surface area (Å²) in [5, 5.41) is 6.30. The average molecular weight is 430 g/mol. The molecule has 6 heteroatoms. The normalized spacial score (nSPS) is 15.0. The summed E-state index contributed by atoms with van der Waals surface area (Å²) in [6.45, 7) is 2.86.